The number of rotatable bonds is 12. The maximum Gasteiger partial charge on any atom is 0.190 e. The van der Waals surface area contributed by atoms with Crippen molar-refractivity contribution in [2.75, 3.05) is 38.8 Å². The minimum absolute atomic E-state index is 0.702. The van der Waals surface area contributed by atoms with Crippen LogP contribution >= 0.6 is 11.8 Å². The Labute approximate surface area is 145 Å². The zero-order valence-electron chi connectivity index (χ0n) is 14.5. The molecule has 2 N–H and O–H groups in total. The van der Waals surface area contributed by atoms with Crippen LogP contribution in [0.1, 0.15) is 31.2 Å². The summed E-state index contributed by atoms with van der Waals surface area (Å²) in [5.41, 5.74) is 1.23. The van der Waals surface area contributed by atoms with Crippen molar-refractivity contribution < 1.29 is 4.74 Å². The molecule has 0 amide bonds. The summed E-state index contributed by atoms with van der Waals surface area (Å²) < 4.78 is 5.68. The van der Waals surface area contributed by atoms with Crippen LogP contribution in [0.25, 0.3) is 0 Å². The van der Waals surface area contributed by atoms with Crippen LogP contribution in [-0.4, -0.2) is 44.7 Å². The quantitative estimate of drug-likeness (QED) is 0.349. The minimum Gasteiger partial charge on any atom is -0.377 e. The van der Waals surface area contributed by atoms with Gasteiger partial charge in [-0.2, -0.15) is 11.8 Å². The van der Waals surface area contributed by atoms with E-state index in [-0.39, 0.29) is 0 Å². The van der Waals surface area contributed by atoms with Crippen molar-refractivity contribution in [2.45, 2.75) is 32.3 Å². The Hall–Kier alpha value is -1.20. The van der Waals surface area contributed by atoms with Gasteiger partial charge in [-0.05, 0) is 43.3 Å². The Balaban J connectivity index is 1.94. The smallest absolute Gasteiger partial charge is 0.190 e. The van der Waals surface area contributed by atoms with Gasteiger partial charge < -0.3 is 15.4 Å². The summed E-state index contributed by atoms with van der Waals surface area (Å²) in [6.07, 6.45) is 6.74. The van der Waals surface area contributed by atoms with Crippen LogP contribution in [0.15, 0.2) is 35.3 Å². The zero-order valence-corrected chi connectivity index (χ0v) is 15.3. The number of benzene rings is 1. The van der Waals surface area contributed by atoms with Crippen LogP contribution in [0.3, 0.4) is 0 Å². The average Bonchev–Trinajstić information content (AvgIpc) is 2.59. The average molecular weight is 338 g/mol. The number of nitrogens with one attached hydrogen (secondary N) is 2. The molecule has 23 heavy (non-hydrogen) atoms. The van der Waals surface area contributed by atoms with Gasteiger partial charge in [-0.3, -0.25) is 4.99 Å². The van der Waals surface area contributed by atoms with Crippen LogP contribution in [0.4, 0.5) is 0 Å². The molecular weight excluding hydrogens is 306 g/mol. The lowest BCUT2D eigenvalue weighted by molar-refractivity contribution is 0.117. The van der Waals surface area contributed by atoms with E-state index in [4.69, 9.17) is 4.74 Å². The largest absolute Gasteiger partial charge is 0.377 e. The second-order valence-electron chi connectivity index (χ2n) is 5.37. The highest BCUT2D eigenvalue weighted by molar-refractivity contribution is 7.98. The van der Waals surface area contributed by atoms with E-state index in [1.54, 1.807) is 0 Å². The lowest BCUT2D eigenvalue weighted by Gasteiger charge is -2.11. The Kier molecular flexibility index (Phi) is 12.4. The van der Waals surface area contributed by atoms with Crippen molar-refractivity contribution in [1.29, 1.82) is 0 Å². The number of nitrogens with zero attached hydrogens (tertiary/aromatic N) is 1. The zero-order chi connectivity index (χ0) is 16.6. The molecule has 0 aliphatic rings. The van der Waals surface area contributed by atoms with Gasteiger partial charge in [0.05, 0.1) is 6.61 Å². The summed E-state index contributed by atoms with van der Waals surface area (Å²) in [5, 5.41) is 6.70. The first-order chi connectivity index (χ1) is 11.4. The highest BCUT2D eigenvalue weighted by atomic mass is 32.2. The normalized spacial score (nSPS) is 11.5. The summed E-state index contributed by atoms with van der Waals surface area (Å²) in [4.78, 5) is 4.24. The molecule has 5 heteroatoms. The molecule has 0 aliphatic heterocycles. The summed E-state index contributed by atoms with van der Waals surface area (Å²) in [6, 6.07) is 10.3. The Morgan fingerprint density at radius 1 is 1.04 bits per heavy atom. The predicted molar refractivity (Wildman–Crippen MR) is 102 cm³/mol. The molecule has 0 saturated heterocycles. The first-order valence-corrected chi connectivity index (χ1v) is 9.81. The molecule has 0 atom stereocenters. The number of aliphatic imine (C=N–C) groups is 1. The molecule has 0 aliphatic carbocycles. The second kappa shape index (κ2) is 14.4. The molecule has 130 valence electrons. The van der Waals surface area contributed by atoms with Crippen molar-refractivity contribution in [3.63, 3.8) is 0 Å². The Morgan fingerprint density at radius 3 is 2.39 bits per heavy atom. The maximum absolute atomic E-state index is 5.68. The molecule has 0 unspecified atom stereocenters. The van der Waals surface area contributed by atoms with Crippen LogP contribution < -0.4 is 10.6 Å². The first kappa shape index (κ1) is 19.8. The van der Waals surface area contributed by atoms with Crippen molar-refractivity contribution >= 4 is 17.7 Å². The van der Waals surface area contributed by atoms with E-state index in [1.807, 2.05) is 37.0 Å². The van der Waals surface area contributed by atoms with Crippen molar-refractivity contribution in [3.05, 3.63) is 35.9 Å². The lowest BCUT2D eigenvalue weighted by Crippen LogP contribution is -2.38. The number of guanidine groups is 1. The summed E-state index contributed by atoms with van der Waals surface area (Å²) in [5.74, 6) is 2.14. The second-order valence-corrected chi connectivity index (χ2v) is 6.36. The third kappa shape index (κ3) is 11.0. The Morgan fingerprint density at radius 2 is 1.74 bits per heavy atom. The molecule has 4 nitrogen and oxygen atoms in total. The standard InChI is InChI=1S/C18H31N3OS/c1-19-18(21-13-7-9-15-23-2)20-12-6-8-14-22-16-17-10-4-3-5-11-17/h3-5,10-11H,6-9,12-16H2,1-2H3,(H2,19,20,21). The van der Waals surface area contributed by atoms with Gasteiger partial charge in [0.2, 0.25) is 0 Å². The van der Waals surface area contributed by atoms with Crippen LogP contribution in [-0.2, 0) is 11.3 Å². The van der Waals surface area contributed by atoms with Gasteiger partial charge >= 0.3 is 0 Å². The molecule has 0 radical (unpaired) electrons. The molecule has 0 bridgehead atoms. The SMILES string of the molecule is CN=C(NCCCCOCc1ccccc1)NCCCCSC. The fraction of sp³-hybridized carbons (Fsp3) is 0.611. The monoisotopic (exact) mass is 337 g/mol. The van der Waals surface area contributed by atoms with E-state index in [0.29, 0.717) is 6.61 Å². The van der Waals surface area contributed by atoms with Crippen LogP contribution in [0.2, 0.25) is 0 Å². The number of unbranched alkanes of at least 4 members (excludes halogenated alkanes) is 2. The summed E-state index contributed by atoms with van der Waals surface area (Å²) in [6.45, 7) is 3.42. The fourth-order valence-electron chi connectivity index (χ4n) is 2.10. The molecule has 0 fully saturated rings. The fourth-order valence-corrected chi connectivity index (χ4v) is 2.59. The van der Waals surface area contributed by atoms with Crippen molar-refractivity contribution in [1.82, 2.24) is 10.6 Å². The van der Waals surface area contributed by atoms with E-state index in [0.717, 1.165) is 38.5 Å². The number of hydrogen-bond donors (Lipinski definition) is 2. The third-order valence-corrected chi connectivity index (χ3v) is 4.11. The summed E-state index contributed by atoms with van der Waals surface area (Å²) >= 11 is 1.90. The first-order valence-electron chi connectivity index (χ1n) is 8.42. The van der Waals surface area contributed by atoms with E-state index in [1.165, 1.54) is 24.2 Å². The molecule has 0 saturated carbocycles. The summed E-state index contributed by atoms with van der Waals surface area (Å²) in [7, 11) is 1.82. The molecule has 1 aromatic rings. The maximum atomic E-state index is 5.68. The van der Waals surface area contributed by atoms with Gasteiger partial charge in [-0.25, -0.2) is 0 Å². The third-order valence-electron chi connectivity index (χ3n) is 3.41. The highest BCUT2D eigenvalue weighted by Gasteiger charge is 1.97. The number of ether oxygens (including phenoxy) is 1. The number of thioether (sulfide) groups is 1. The van der Waals surface area contributed by atoms with Gasteiger partial charge in [0.25, 0.3) is 0 Å². The minimum atomic E-state index is 0.702. The van der Waals surface area contributed by atoms with Gasteiger partial charge in [0.15, 0.2) is 5.96 Å². The predicted octanol–water partition coefficient (Wildman–Crippen LogP) is 3.29. The van der Waals surface area contributed by atoms with Crippen LogP contribution in [0, 0.1) is 0 Å². The molecular formula is C18H31N3OS. The molecule has 0 aromatic heterocycles. The van der Waals surface area contributed by atoms with Gasteiger partial charge in [-0.15, -0.1) is 0 Å². The van der Waals surface area contributed by atoms with E-state index in [2.05, 4.69) is 34.0 Å². The molecule has 1 aromatic carbocycles. The van der Waals surface area contributed by atoms with Gasteiger partial charge in [-0.1, -0.05) is 30.3 Å². The number of hydrogen-bond acceptors (Lipinski definition) is 3. The van der Waals surface area contributed by atoms with E-state index < -0.39 is 0 Å². The van der Waals surface area contributed by atoms with E-state index >= 15 is 0 Å². The van der Waals surface area contributed by atoms with Crippen LogP contribution in [0.5, 0.6) is 0 Å². The lowest BCUT2D eigenvalue weighted by atomic mass is 10.2. The Bertz CT molecular complexity index is 412. The topological polar surface area (TPSA) is 45.7 Å². The van der Waals surface area contributed by atoms with E-state index in [9.17, 15) is 0 Å². The van der Waals surface area contributed by atoms with Gasteiger partial charge in [0.1, 0.15) is 0 Å². The molecule has 1 rings (SSSR count). The highest BCUT2D eigenvalue weighted by Crippen LogP contribution is 2.01. The van der Waals surface area contributed by atoms with Crippen molar-refractivity contribution in [3.8, 4) is 0 Å². The van der Waals surface area contributed by atoms with Gasteiger partial charge in [0, 0.05) is 26.7 Å². The molecule has 0 spiro atoms. The van der Waals surface area contributed by atoms with Crippen molar-refractivity contribution in [2.24, 2.45) is 4.99 Å². The molecule has 0 heterocycles.